The third-order valence-corrected chi connectivity index (χ3v) is 3.54. The van der Waals surface area contributed by atoms with Crippen LogP contribution in [-0.2, 0) is 4.79 Å². The molecular weight excluding hydrogens is 252 g/mol. The van der Waals surface area contributed by atoms with Crippen LogP contribution in [0.25, 0.3) is 10.9 Å². The van der Waals surface area contributed by atoms with Crippen LogP contribution in [0.3, 0.4) is 0 Å². The highest BCUT2D eigenvalue weighted by Crippen LogP contribution is 2.28. The van der Waals surface area contributed by atoms with Crippen molar-refractivity contribution in [1.82, 2.24) is 15.3 Å². The van der Waals surface area contributed by atoms with Crippen LogP contribution in [0.5, 0.6) is 0 Å². The molecule has 3 rings (SSSR count). The zero-order valence-corrected chi connectivity index (χ0v) is 11.5. The van der Waals surface area contributed by atoms with Crippen LogP contribution in [0.4, 0.5) is 5.82 Å². The first-order chi connectivity index (χ1) is 9.75. The Labute approximate surface area is 117 Å². The molecule has 5 nitrogen and oxygen atoms in total. The van der Waals surface area contributed by atoms with Gasteiger partial charge in [-0.3, -0.25) is 4.79 Å². The summed E-state index contributed by atoms with van der Waals surface area (Å²) < 4.78 is 0. The number of benzene rings is 1. The average Bonchev–Trinajstić information content (AvgIpc) is 3.28. The van der Waals surface area contributed by atoms with Gasteiger partial charge in [0.1, 0.15) is 12.1 Å². The molecular formula is C15H18N4O. The number of anilines is 1. The van der Waals surface area contributed by atoms with E-state index in [1.807, 2.05) is 25.1 Å². The molecule has 1 saturated carbocycles. The Kier molecular flexibility index (Phi) is 3.50. The van der Waals surface area contributed by atoms with Crippen molar-refractivity contribution < 1.29 is 4.79 Å². The van der Waals surface area contributed by atoms with Gasteiger partial charge in [-0.1, -0.05) is 12.1 Å². The lowest BCUT2D eigenvalue weighted by molar-refractivity contribution is -0.122. The standard InChI is InChI=1S/C15H18N4O/c1-10-3-2-4-12-13(10)14(19-9-18-12)16-7-8-17-15(20)11-5-6-11/h2-4,9,11H,5-8H2,1H3,(H,17,20)(H,16,18,19). The average molecular weight is 270 g/mol. The molecule has 2 aromatic rings. The van der Waals surface area contributed by atoms with Crippen LogP contribution in [0.1, 0.15) is 18.4 Å². The zero-order chi connectivity index (χ0) is 13.9. The van der Waals surface area contributed by atoms with Crippen LogP contribution < -0.4 is 10.6 Å². The minimum absolute atomic E-state index is 0.176. The highest BCUT2D eigenvalue weighted by atomic mass is 16.2. The second kappa shape index (κ2) is 5.45. The Morgan fingerprint density at radius 2 is 2.15 bits per heavy atom. The molecule has 1 amide bonds. The molecule has 1 aliphatic rings. The van der Waals surface area contributed by atoms with E-state index in [-0.39, 0.29) is 11.8 Å². The first kappa shape index (κ1) is 12.8. The number of nitrogens with one attached hydrogen (secondary N) is 2. The Bertz CT molecular complexity index is 632. The van der Waals surface area contributed by atoms with Gasteiger partial charge < -0.3 is 10.6 Å². The fourth-order valence-corrected chi connectivity index (χ4v) is 2.27. The molecule has 104 valence electrons. The molecule has 0 spiro atoms. The van der Waals surface area contributed by atoms with Gasteiger partial charge in [0.15, 0.2) is 0 Å². The number of nitrogens with zero attached hydrogens (tertiary/aromatic N) is 2. The van der Waals surface area contributed by atoms with Gasteiger partial charge in [-0.15, -0.1) is 0 Å². The normalized spacial score (nSPS) is 14.2. The number of hydrogen-bond acceptors (Lipinski definition) is 4. The number of carbonyl (C=O) groups is 1. The molecule has 0 aliphatic heterocycles. The van der Waals surface area contributed by atoms with Gasteiger partial charge in [0.05, 0.1) is 5.52 Å². The van der Waals surface area contributed by atoms with Crippen LogP contribution >= 0.6 is 0 Å². The van der Waals surface area contributed by atoms with Crippen molar-refractivity contribution >= 4 is 22.6 Å². The first-order valence-corrected chi connectivity index (χ1v) is 6.97. The summed E-state index contributed by atoms with van der Waals surface area (Å²) in [5, 5.41) is 7.25. The van der Waals surface area contributed by atoms with Crippen molar-refractivity contribution in [1.29, 1.82) is 0 Å². The predicted octanol–water partition coefficient (Wildman–Crippen LogP) is 1.88. The van der Waals surface area contributed by atoms with E-state index < -0.39 is 0 Å². The van der Waals surface area contributed by atoms with E-state index in [1.54, 1.807) is 6.33 Å². The first-order valence-electron chi connectivity index (χ1n) is 6.97. The lowest BCUT2D eigenvalue weighted by atomic mass is 10.1. The number of fused-ring (bicyclic) bond motifs is 1. The fourth-order valence-electron chi connectivity index (χ4n) is 2.27. The minimum Gasteiger partial charge on any atom is -0.368 e. The number of amides is 1. The van der Waals surface area contributed by atoms with E-state index >= 15 is 0 Å². The van der Waals surface area contributed by atoms with Crippen molar-refractivity contribution in [3.05, 3.63) is 30.1 Å². The maximum absolute atomic E-state index is 11.5. The molecule has 1 fully saturated rings. The van der Waals surface area contributed by atoms with Crippen molar-refractivity contribution in [2.45, 2.75) is 19.8 Å². The van der Waals surface area contributed by atoms with Gasteiger partial charge in [-0.05, 0) is 31.4 Å². The van der Waals surface area contributed by atoms with Crippen LogP contribution in [0.2, 0.25) is 0 Å². The second-order valence-electron chi connectivity index (χ2n) is 5.18. The van der Waals surface area contributed by atoms with Gasteiger partial charge in [0, 0.05) is 24.4 Å². The number of hydrogen-bond donors (Lipinski definition) is 2. The molecule has 1 aliphatic carbocycles. The lowest BCUT2D eigenvalue weighted by Gasteiger charge is -2.10. The highest BCUT2D eigenvalue weighted by Gasteiger charge is 2.28. The van der Waals surface area contributed by atoms with Crippen molar-refractivity contribution in [3.63, 3.8) is 0 Å². The summed E-state index contributed by atoms with van der Waals surface area (Å²) in [6.07, 6.45) is 3.64. The van der Waals surface area contributed by atoms with Gasteiger partial charge in [0.2, 0.25) is 5.91 Å². The van der Waals surface area contributed by atoms with Crippen LogP contribution in [0.15, 0.2) is 24.5 Å². The van der Waals surface area contributed by atoms with Gasteiger partial charge in [-0.25, -0.2) is 9.97 Å². The summed E-state index contributed by atoms with van der Waals surface area (Å²) >= 11 is 0. The highest BCUT2D eigenvalue weighted by molar-refractivity contribution is 5.91. The Morgan fingerprint density at radius 1 is 1.30 bits per heavy atom. The molecule has 1 aromatic heterocycles. The Hall–Kier alpha value is -2.17. The van der Waals surface area contributed by atoms with E-state index in [2.05, 4.69) is 20.6 Å². The van der Waals surface area contributed by atoms with E-state index in [4.69, 9.17) is 0 Å². The Balaban J connectivity index is 1.63. The van der Waals surface area contributed by atoms with E-state index in [9.17, 15) is 4.79 Å². The van der Waals surface area contributed by atoms with Crippen LogP contribution in [0, 0.1) is 12.8 Å². The monoisotopic (exact) mass is 270 g/mol. The summed E-state index contributed by atoms with van der Waals surface area (Å²) in [5.41, 5.74) is 2.08. The summed E-state index contributed by atoms with van der Waals surface area (Å²) in [6.45, 7) is 3.33. The third-order valence-electron chi connectivity index (χ3n) is 3.54. The minimum atomic E-state index is 0.176. The number of aromatic nitrogens is 2. The number of carbonyl (C=O) groups excluding carboxylic acids is 1. The largest absolute Gasteiger partial charge is 0.368 e. The van der Waals surface area contributed by atoms with E-state index in [0.29, 0.717) is 13.1 Å². The molecule has 5 heteroatoms. The molecule has 20 heavy (non-hydrogen) atoms. The van der Waals surface area contributed by atoms with E-state index in [0.717, 1.165) is 35.1 Å². The SMILES string of the molecule is Cc1cccc2ncnc(NCCNC(=O)C3CC3)c12. The Morgan fingerprint density at radius 3 is 2.95 bits per heavy atom. The van der Waals surface area contributed by atoms with Gasteiger partial charge in [-0.2, -0.15) is 0 Å². The molecule has 1 aromatic carbocycles. The maximum Gasteiger partial charge on any atom is 0.223 e. The lowest BCUT2D eigenvalue weighted by Crippen LogP contribution is -2.30. The molecule has 0 saturated heterocycles. The topological polar surface area (TPSA) is 66.9 Å². The quantitative estimate of drug-likeness (QED) is 0.814. The molecule has 0 bridgehead atoms. The van der Waals surface area contributed by atoms with Crippen LogP contribution in [-0.4, -0.2) is 29.0 Å². The molecule has 0 unspecified atom stereocenters. The zero-order valence-electron chi connectivity index (χ0n) is 11.5. The summed E-state index contributed by atoms with van der Waals surface area (Å²) in [5.74, 6) is 1.27. The van der Waals surface area contributed by atoms with Gasteiger partial charge >= 0.3 is 0 Å². The summed E-state index contributed by atoms with van der Waals surface area (Å²) in [6, 6.07) is 6.01. The van der Waals surface area contributed by atoms with Gasteiger partial charge in [0.25, 0.3) is 0 Å². The maximum atomic E-state index is 11.5. The molecule has 0 atom stereocenters. The number of aryl methyl sites for hydroxylation is 1. The fraction of sp³-hybridized carbons (Fsp3) is 0.400. The number of rotatable bonds is 5. The third kappa shape index (κ3) is 2.71. The molecule has 0 radical (unpaired) electrons. The van der Waals surface area contributed by atoms with E-state index in [1.165, 1.54) is 0 Å². The second-order valence-corrected chi connectivity index (χ2v) is 5.18. The van der Waals surface area contributed by atoms with Crippen molar-refractivity contribution in [2.24, 2.45) is 5.92 Å². The molecule has 1 heterocycles. The van der Waals surface area contributed by atoms with Crippen molar-refractivity contribution in [3.8, 4) is 0 Å². The predicted molar refractivity (Wildman–Crippen MR) is 78.5 cm³/mol. The summed E-state index contributed by atoms with van der Waals surface area (Å²) in [7, 11) is 0. The summed E-state index contributed by atoms with van der Waals surface area (Å²) in [4.78, 5) is 20.1. The molecule has 2 N–H and O–H groups in total. The smallest absolute Gasteiger partial charge is 0.223 e. The van der Waals surface area contributed by atoms with Crippen molar-refractivity contribution in [2.75, 3.05) is 18.4 Å².